The number of carboxylic acids is 1. The van der Waals surface area contributed by atoms with Crippen molar-refractivity contribution in [2.75, 3.05) is 0 Å². The molecule has 2 aromatic rings. The van der Waals surface area contributed by atoms with E-state index in [9.17, 15) is 23.1 Å². The third-order valence-electron chi connectivity index (χ3n) is 4.22. The zero-order valence-corrected chi connectivity index (χ0v) is 15.4. The highest BCUT2D eigenvalue weighted by atomic mass is 32.2. The SMILES string of the molecule is CCC(C)(NC(=O)c1cccc(S(=O)(=O)Cc2ccccc2)c1)C(=O)O. The van der Waals surface area contributed by atoms with Crippen LogP contribution in [0.15, 0.2) is 59.5 Å². The highest BCUT2D eigenvalue weighted by Crippen LogP contribution is 2.19. The third kappa shape index (κ3) is 4.49. The molecule has 26 heavy (non-hydrogen) atoms. The monoisotopic (exact) mass is 375 g/mol. The fraction of sp³-hybridized carbons (Fsp3) is 0.263. The molecule has 6 nitrogen and oxygen atoms in total. The Morgan fingerprint density at radius 1 is 1.08 bits per heavy atom. The first-order chi connectivity index (χ1) is 12.2. The molecule has 2 N–H and O–H groups in total. The van der Waals surface area contributed by atoms with Gasteiger partial charge in [-0.1, -0.05) is 43.3 Å². The second-order valence-electron chi connectivity index (χ2n) is 6.22. The van der Waals surface area contributed by atoms with E-state index < -0.39 is 27.3 Å². The summed E-state index contributed by atoms with van der Waals surface area (Å²) >= 11 is 0. The van der Waals surface area contributed by atoms with E-state index in [1.165, 1.54) is 31.2 Å². The predicted molar refractivity (Wildman–Crippen MR) is 97.6 cm³/mol. The summed E-state index contributed by atoms with van der Waals surface area (Å²) in [5.41, 5.74) is -0.678. The maximum atomic E-state index is 12.6. The van der Waals surface area contributed by atoms with Gasteiger partial charge in [0.05, 0.1) is 10.6 Å². The number of carbonyl (C=O) groups excluding carboxylic acids is 1. The molecule has 138 valence electrons. The van der Waals surface area contributed by atoms with Gasteiger partial charge in [0, 0.05) is 5.56 Å². The van der Waals surface area contributed by atoms with Crippen LogP contribution in [0.4, 0.5) is 0 Å². The summed E-state index contributed by atoms with van der Waals surface area (Å²) in [5.74, 6) is -1.96. The summed E-state index contributed by atoms with van der Waals surface area (Å²) in [4.78, 5) is 23.7. The number of hydrogen-bond acceptors (Lipinski definition) is 4. The van der Waals surface area contributed by atoms with Crippen LogP contribution in [0.1, 0.15) is 36.2 Å². The summed E-state index contributed by atoms with van der Waals surface area (Å²) in [7, 11) is -3.63. The van der Waals surface area contributed by atoms with Gasteiger partial charge in [0.25, 0.3) is 5.91 Å². The fourth-order valence-electron chi connectivity index (χ4n) is 2.32. The first kappa shape index (κ1) is 19.7. The van der Waals surface area contributed by atoms with Gasteiger partial charge in [-0.2, -0.15) is 0 Å². The number of sulfone groups is 1. The van der Waals surface area contributed by atoms with Crippen LogP contribution < -0.4 is 5.32 Å². The average molecular weight is 375 g/mol. The van der Waals surface area contributed by atoms with Crippen LogP contribution in [0, 0.1) is 0 Å². The molecule has 1 amide bonds. The number of benzene rings is 2. The number of amides is 1. The fourth-order valence-corrected chi connectivity index (χ4v) is 3.71. The third-order valence-corrected chi connectivity index (χ3v) is 5.91. The zero-order valence-electron chi connectivity index (χ0n) is 14.6. The summed E-state index contributed by atoms with van der Waals surface area (Å²) in [6, 6.07) is 14.4. The minimum Gasteiger partial charge on any atom is -0.480 e. The zero-order chi connectivity index (χ0) is 19.4. The van der Waals surface area contributed by atoms with Crippen LogP contribution in [0.2, 0.25) is 0 Å². The highest BCUT2D eigenvalue weighted by Gasteiger charge is 2.33. The number of hydrogen-bond donors (Lipinski definition) is 2. The van der Waals surface area contributed by atoms with Gasteiger partial charge in [-0.25, -0.2) is 13.2 Å². The van der Waals surface area contributed by atoms with E-state index in [0.717, 1.165) is 0 Å². The number of carbonyl (C=O) groups is 2. The van der Waals surface area contributed by atoms with Crippen molar-refractivity contribution in [3.8, 4) is 0 Å². The maximum Gasteiger partial charge on any atom is 0.329 e. The quantitative estimate of drug-likeness (QED) is 0.775. The Balaban J connectivity index is 2.27. The van der Waals surface area contributed by atoms with Crippen LogP contribution in [-0.4, -0.2) is 30.9 Å². The van der Waals surface area contributed by atoms with E-state index in [-0.39, 0.29) is 22.6 Å². The molecule has 0 saturated heterocycles. The van der Waals surface area contributed by atoms with Crippen molar-refractivity contribution in [1.29, 1.82) is 0 Å². The average Bonchev–Trinajstić information content (AvgIpc) is 2.62. The highest BCUT2D eigenvalue weighted by molar-refractivity contribution is 7.90. The molecule has 1 unspecified atom stereocenters. The van der Waals surface area contributed by atoms with Gasteiger partial charge >= 0.3 is 5.97 Å². The Bertz CT molecular complexity index is 909. The van der Waals surface area contributed by atoms with E-state index in [4.69, 9.17) is 0 Å². The molecule has 0 heterocycles. The standard InChI is InChI=1S/C19H21NO5S/c1-3-19(2,18(22)23)20-17(21)15-10-7-11-16(12-15)26(24,25)13-14-8-5-4-6-9-14/h4-12H,3,13H2,1-2H3,(H,20,21)(H,22,23). The molecule has 0 bridgehead atoms. The Labute approximate surface area is 152 Å². The van der Waals surface area contributed by atoms with Gasteiger partial charge in [-0.05, 0) is 37.1 Å². The van der Waals surface area contributed by atoms with E-state index >= 15 is 0 Å². The number of nitrogens with one attached hydrogen (secondary N) is 1. The number of rotatable bonds is 7. The van der Waals surface area contributed by atoms with Crippen LogP contribution in [0.25, 0.3) is 0 Å². The molecule has 0 spiro atoms. The number of carboxylic acid groups (broad SMARTS) is 1. The van der Waals surface area contributed by atoms with E-state index in [1.54, 1.807) is 37.3 Å². The summed E-state index contributed by atoms with van der Waals surface area (Å²) in [6.45, 7) is 3.05. The normalized spacial score (nSPS) is 13.6. The maximum absolute atomic E-state index is 12.6. The minimum atomic E-state index is -3.63. The van der Waals surface area contributed by atoms with Crippen LogP contribution >= 0.6 is 0 Å². The lowest BCUT2D eigenvalue weighted by Gasteiger charge is -2.24. The molecule has 1 atom stereocenters. The smallest absolute Gasteiger partial charge is 0.329 e. The molecule has 0 fully saturated rings. The molecule has 0 saturated carbocycles. The molecular formula is C19H21NO5S. The molecule has 0 aromatic heterocycles. The molecule has 0 aliphatic heterocycles. The van der Waals surface area contributed by atoms with Gasteiger partial charge in [0.1, 0.15) is 5.54 Å². The predicted octanol–water partition coefficient (Wildman–Crippen LogP) is 2.64. The molecule has 0 radical (unpaired) electrons. The topological polar surface area (TPSA) is 101 Å². The van der Waals surface area contributed by atoms with Crippen molar-refractivity contribution < 1.29 is 23.1 Å². The largest absolute Gasteiger partial charge is 0.480 e. The van der Waals surface area contributed by atoms with Crippen LogP contribution in [0.3, 0.4) is 0 Å². The lowest BCUT2D eigenvalue weighted by Crippen LogP contribution is -2.51. The Morgan fingerprint density at radius 3 is 2.31 bits per heavy atom. The van der Waals surface area contributed by atoms with E-state index in [0.29, 0.717) is 5.56 Å². The van der Waals surface area contributed by atoms with Gasteiger partial charge in [0.2, 0.25) is 0 Å². The van der Waals surface area contributed by atoms with Crippen LogP contribution in [-0.2, 0) is 20.4 Å². The van der Waals surface area contributed by atoms with Crippen molar-refractivity contribution in [1.82, 2.24) is 5.32 Å². The molecule has 2 rings (SSSR count). The second kappa shape index (κ2) is 7.70. The van der Waals surface area contributed by atoms with Gasteiger partial charge < -0.3 is 10.4 Å². The van der Waals surface area contributed by atoms with Crippen molar-refractivity contribution >= 4 is 21.7 Å². The lowest BCUT2D eigenvalue weighted by molar-refractivity contribution is -0.143. The van der Waals surface area contributed by atoms with Gasteiger partial charge in [-0.3, -0.25) is 4.79 Å². The molecule has 0 aliphatic rings. The Kier molecular flexibility index (Phi) is 5.82. The molecule has 0 aliphatic carbocycles. The molecule has 2 aromatic carbocycles. The van der Waals surface area contributed by atoms with E-state index in [1.807, 2.05) is 0 Å². The second-order valence-corrected chi connectivity index (χ2v) is 8.21. The molecule has 7 heteroatoms. The summed E-state index contributed by atoms with van der Waals surface area (Å²) in [5, 5.41) is 11.7. The summed E-state index contributed by atoms with van der Waals surface area (Å²) < 4.78 is 25.2. The van der Waals surface area contributed by atoms with Crippen molar-refractivity contribution in [2.45, 2.75) is 36.5 Å². The van der Waals surface area contributed by atoms with Crippen molar-refractivity contribution in [3.05, 3.63) is 65.7 Å². The van der Waals surface area contributed by atoms with Crippen molar-refractivity contribution in [2.24, 2.45) is 0 Å². The van der Waals surface area contributed by atoms with Gasteiger partial charge in [0.15, 0.2) is 9.84 Å². The minimum absolute atomic E-state index is 0.0162. The first-order valence-electron chi connectivity index (χ1n) is 8.10. The first-order valence-corrected chi connectivity index (χ1v) is 9.76. The van der Waals surface area contributed by atoms with Gasteiger partial charge in [-0.15, -0.1) is 0 Å². The Hall–Kier alpha value is -2.67. The van der Waals surface area contributed by atoms with E-state index in [2.05, 4.69) is 5.32 Å². The lowest BCUT2D eigenvalue weighted by atomic mass is 9.98. The van der Waals surface area contributed by atoms with Crippen LogP contribution in [0.5, 0.6) is 0 Å². The molecular weight excluding hydrogens is 354 g/mol. The Morgan fingerprint density at radius 2 is 1.73 bits per heavy atom. The summed E-state index contributed by atoms with van der Waals surface area (Å²) in [6.07, 6.45) is 0.195. The van der Waals surface area contributed by atoms with Crippen molar-refractivity contribution in [3.63, 3.8) is 0 Å². The number of aliphatic carboxylic acids is 1.